The van der Waals surface area contributed by atoms with E-state index in [1.165, 1.54) is 0 Å². The van der Waals surface area contributed by atoms with Crippen LogP contribution in [0.3, 0.4) is 0 Å². The van der Waals surface area contributed by atoms with Gasteiger partial charge in [-0.1, -0.05) is 6.07 Å². The van der Waals surface area contributed by atoms with Gasteiger partial charge in [-0.15, -0.1) is 11.3 Å². The molecule has 0 saturated carbocycles. The third-order valence-electron chi connectivity index (χ3n) is 4.27. The Labute approximate surface area is 132 Å². The first-order valence-corrected chi connectivity index (χ1v) is 8.21. The standard InChI is InChI=1S/C16H16N4OS/c21-16(13-3-1-2-7-17-13)5-8-20(9-6-16)14-12-4-10-22-15(12)19-11-18-14/h1-4,7,10-11,21H,5-6,8-9H2. The fraction of sp³-hybridized carbons (Fsp3) is 0.312. The van der Waals surface area contributed by atoms with E-state index in [1.807, 2.05) is 23.6 Å². The van der Waals surface area contributed by atoms with E-state index in [-0.39, 0.29) is 0 Å². The largest absolute Gasteiger partial charge is 0.383 e. The normalized spacial score (nSPS) is 17.8. The van der Waals surface area contributed by atoms with Gasteiger partial charge in [-0.25, -0.2) is 9.97 Å². The van der Waals surface area contributed by atoms with Crippen LogP contribution in [-0.4, -0.2) is 33.1 Å². The van der Waals surface area contributed by atoms with Crippen molar-refractivity contribution in [1.29, 1.82) is 0 Å². The van der Waals surface area contributed by atoms with Crippen LogP contribution in [0.5, 0.6) is 0 Å². The molecular weight excluding hydrogens is 296 g/mol. The molecule has 4 rings (SSSR count). The number of anilines is 1. The van der Waals surface area contributed by atoms with Gasteiger partial charge in [0.05, 0.1) is 11.1 Å². The molecule has 1 N–H and O–H groups in total. The number of piperidine rings is 1. The zero-order valence-corrected chi connectivity index (χ0v) is 12.8. The molecule has 6 heteroatoms. The molecule has 0 bridgehead atoms. The van der Waals surface area contributed by atoms with Crippen LogP contribution in [0.15, 0.2) is 42.2 Å². The molecule has 0 atom stereocenters. The molecule has 3 aromatic heterocycles. The lowest BCUT2D eigenvalue weighted by molar-refractivity contribution is 0.00754. The van der Waals surface area contributed by atoms with Crippen LogP contribution in [-0.2, 0) is 5.60 Å². The SMILES string of the molecule is OC1(c2ccccn2)CCN(c2ncnc3sccc23)CC1. The van der Waals surface area contributed by atoms with Crippen molar-refractivity contribution in [3.63, 3.8) is 0 Å². The topological polar surface area (TPSA) is 62.1 Å². The number of aromatic nitrogens is 3. The van der Waals surface area contributed by atoms with Gasteiger partial charge in [-0.3, -0.25) is 4.98 Å². The number of hydrogen-bond donors (Lipinski definition) is 1. The predicted octanol–water partition coefficient (Wildman–Crippen LogP) is 2.57. The number of nitrogens with zero attached hydrogens (tertiary/aromatic N) is 4. The number of hydrogen-bond acceptors (Lipinski definition) is 6. The van der Waals surface area contributed by atoms with Crippen LogP contribution in [0.25, 0.3) is 10.2 Å². The molecule has 1 aliphatic rings. The summed E-state index contributed by atoms with van der Waals surface area (Å²) >= 11 is 1.62. The number of pyridine rings is 1. The molecule has 0 aromatic carbocycles. The maximum absolute atomic E-state index is 10.9. The lowest BCUT2D eigenvalue weighted by atomic mass is 9.87. The average Bonchev–Trinajstić information content (AvgIpc) is 3.05. The van der Waals surface area contributed by atoms with Crippen molar-refractivity contribution in [2.45, 2.75) is 18.4 Å². The Bertz CT molecular complexity index is 781. The molecule has 0 radical (unpaired) electrons. The van der Waals surface area contributed by atoms with E-state index in [0.29, 0.717) is 12.8 Å². The van der Waals surface area contributed by atoms with Gasteiger partial charge in [0.1, 0.15) is 22.6 Å². The molecule has 0 unspecified atom stereocenters. The number of rotatable bonds is 2. The van der Waals surface area contributed by atoms with Gasteiger partial charge in [0.25, 0.3) is 0 Å². The number of fused-ring (bicyclic) bond motifs is 1. The van der Waals surface area contributed by atoms with E-state index in [9.17, 15) is 5.11 Å². The Morgan fingerprint density at radius 1 is 1.09 bits per heavy atom. The van der Waals surface area contributed by atoms with Gasteiger partial charge in [0, 0.05) is 19.3 Å². The second kappa shape index (κ2) is 5.30. The van der Waals surface area contributed by atoms with Crippen molar-refractivity contribution >= 4 is 27.4 Å². The summed E-state index contributed by atoms with van der Waals surface area (Å²) in [7, 11) is 0. The van der Waals surface area contributed by atoms with Gasteiger partial charge >= 0.3 is 0 Å². The van der Waals surface area contributed by atoms with Crippen molar-refractivity contribution in [3.8, 4) is 0 Å². The molecule has 0 spiro atoms. The summed E-state index contributed by atoms with van der Waals surface area (Å²) in [5, 5.41) is 14.0. The molecule has 1 fully saturated rings. The zero-order chi connectivity index (χ0) is 15.0. The fourth-order valence-corrected chi connectivity index (χ4v) is 3.74. The van der Waals surface area contributed by atoms with E-state index >= 15 is 0 Å². The summed E-state index contributed by atoms with van der Waals surface area (Å²) in [4.78, 5) is 16.3. The summed E-state index contributed by atoms with van der Waals surface area (Å²) in [5.74, 6) is 0.967. The third kappa shape index (κ3) is 2.24. The molecule has 0 aliphatic carbocycles. The summed E-state index contributed by atoms with van der Waals surface area (Å²) in [6.45, 7) is 1.52. The van der Waals surface area contributed by atoms with Crippen molar-refractivity contribution in [2.75, 3.05) is 18.0 Å². The van der Waals surface area contributed by atoms with Gasteiger partial charge in [0.2, 0.25) is 0 Å². The van der Waals surface area contributed by atoms with Crippen LogP contribution in [0.1, 0.15) is 18.5 Å². The van der Waals surface area contributed by atoms with Gasteiger partial charge < -0.3 is 10.0 Å². The van der Waals surface area contributed by atoms with E-state index in [2.05, 4.69) is 25.9 Å². The first-order chi connectivity index (χ1) is 10.8. The first kappa shape index (κ1) is 13.6. The maximum Gasteiger partial charge on any atom is 0.140 e. The van der Waals surface area contributed by atoms with Gasteiger partial charge in [0.15, 0.2) is 0 Å². The van der Waals surface area contributed by atoms with Crippen LogP contribution >= 0.6 is 11.3 Å². The van der Waals surface area contributed by atoms with Gasteiger partial charge in [-0.05, 0) is 36.4 Å². The fourth-order valence-electron chi connectivity index (χ4n) is 3.01. The second-order valence-electron chi connectivity index (χ2n) is 5.57. The van der Waals surface area contributed by atoms with E-state index in [0.717, 1.165) is 34.8 Å². The highest BCUT2D eigenvalue weighted by atomic mass is 32.1. The highest BCUT2D eigenvalue weighted by Crippen LogP contribution is 2.35. The predicted molar refractivity (Wildman–Crippen MR) is 87.0 cm³/mol. The number of aliphatic hydroxyl groups is 1. The smallest absolute Gasteiger partial charge is 0.140 e. The monoisotopic (exact) mass is 312 g/mol. The highest BCUT2D eigenvalue weighted by Gasteiger charge is 2.35. The molecule has 1 aliphatic heterocycles. The van der Waals surface area contributed by atoms with Crippen LogP contribution in [0, 0.1) is 0 Å². The molecule has 112 valence electrons. The average molecular weight is 312 g/mol. The van der Waals surface area contributed by atoms with Crippen LogP contribution in [0.2, 0.25) is 0 Å². The highest BCUT2D eigenvalue weighted by molar-refractivity contribution is 7.16. The van der Waals surface area contributed by atoms with Gasteiger partial charge in [-0.2, -0.15) is 0 Å². The Kier molecular flexibility index (Phi) is 3.28. The minimum atomic E-state index is -0.835. The summed E-state index contributed by atoms with van der Waals surface area (Å²) in [6.07, 6.45) is 4.66. The van der Waals surface area contributed by atoms with Crippen LogP contribution < -0.4 is 4.90 Å². The lowest BCUT2D eigenvalue weighted by Crippen LogP contribution is -2.43. The van der Waals surface area contributed by atoms with Crippen molar-refractivity contribution in [2.24, 2.45) is 0 Å². The van der Waals surface area contributed by atoms with Crippen LogP contribution in [0.4, 0.5) is 5.82 Å². The van der Waals surface area contributed by atoms with Crippen molar-refractivity contribution in [1.82, 2.24) is 15.0 Å². The first-order valence-electron chi connectivity index (χ1n) is 7.33. The number of thiophene rings is 1. The molecular formula is C16H16N4OS. The molecule has 0 amide bonds. The zero-order valence-electron chi connectivity index (χ0n) is 12.0. The molecule has 22 heavy (non-hydrogen) atoms. The Hall–Kier alpha value is -2.05. The van der Waals surface area contributed by atoms with E-state index in [1.54, 1.807) is 23.9 Å². The Morgan fingerprint density at radius 2 is 1.95 bits per heavy atom. The summed E-state index contributed by atoms with van der Waals surface area (Å²) < 4.78 is 0. The molecule has 1 saturated heterocycles. The maximum atomic E-state index is 10.9. The Balaban J connectivity index is 1.58. The lowest BCUT2D eigenvalue weighted by Gasteiger charge is -2.38. The molecule has 4 heterocycles. The molecule has 3 aromatic rings. The molecule has 5 nitrogen and oxygen atoms in total. The van der Waals surface area contributed by atoms with Crippen molar-refractivity contribution in [3.05, 3.63) is 47.9 Å². The minimum Gasteiger partial charge on any atom is -0.383 e. The summed E-state index contributed by atoms with van der Waals surface area (Å²) in [6, 6.07) is 7.76. The minimum absolute atomic E-state index is 0.652. The second-order valence-corrected chi connectivity index (χ2v) is 6.46. The quantitative estimate of drug-likeness (QED) is 0.788. The Morgan fingerprint density at radius 3 is 2.73 bits per heavy atom. The van der Waals surface area contributed by atoms with E-state index in [4.69, 9.17) is 0 Å². The van der Waals surface area contributed by atoms with Crippen molar-refractivity contribution < 1.29 is 5.11 Å². The summed E-state index contributed by atoms with van der Waals surface area (Å²) in [5.41, 5.74) is -0.0727. The third-order valence-corrected chi connectivity index (χ3v) is 5.09. The van der Waals surface area contributed by atoms with E-state index < -0.39 is 5.60 Å².